The van der Waals surface area contributed by atoms with Gasteiger partial charge in [0.05, 0.1) is 13.2 Å². The number of ether oxygens (including phenoxy) is 1. The Bertz CT molecular complexity index is 539. The van der Waals surface area contributed by atoms with E-state index in [2.05, 4.69) is 21.2 Å². The van der Waals surface area contributed by atoms with Gasteiger partial charge in [0.1, 0.15) is 6.04 Å². The van der Waals surface area contributed by atoms with Crippen LogP contribution in [0.1, 0.15) is 30.6 Å². The van der Waals surface area contributed by atoms with Crippen LogP contribution in [0.15, 0.2) is 28.7 Å². The highest BCUT2D eigenvalue weighted by Gasteiger charge is 2.28. The molecule has 126 valence electrons. The number of benzene rings is 1. The molecular weight excluding hydrogens is 360 g/mol. The monoisotopic (exact) mass is 382 g/mol. The van der Waals surface area contributed by atoms with Crippen molar-refractivity contribution >= 4 is 27.7 Å². The lowest BCUT2D eigenvalue weighted by Gasteiger charge is -2.31. The highest BCUT2D eigenvalue weighted by atomic mass is 79.9. The Morgan fingerprint density at radius 3 is 2.39 bits per heavy atom. The summed E-state index contributed by atoms with van der Waals surface area (Å²) in [5.41, 5.74) is 0.553. The lowest BCUT2D eigenvalue weighted by molar-refractivity contribution is -0.137. The lowest BCUT2D eigenvalue weighted by atomic mass is 10.0. The quantitative estimate of drug-likeness (QED) is 0.850. The van der Waals surface area contributed by atoms with Gasteiger partial charge in [-0.2, -0.15) is 0 Å². The van der Waals surface area contributed by atoms with Crippen molar-refractivity contribution in [2.75, 3.05) is 26.3 Å². The van der Waals surface area contributed by atoms with Gasteiger partial charge in [0.25, 0.3) is 5.91 Å². The molecule has 0 spiro atoms. The number of rotatable bonds is 5. The predicted octanol–water partition coefficient (Wildman–Crippen LogP) is 2.45. The van der Waals surface area contributed by atoms with Crippen molar-refractivity contribution in [2.24, 2.45) is 5.92 Å². The Kier molecular flexibility index (Phi) is 6.59. The van der Waals surface area contributed by atoms with Gasteiger partial charge in [-0.1, -0.05) is 29.8 Å². The van der Waals surface area contributed by atoms with E-state index in [1.54, 1.807) is 17.0 Å². The summed E-state index contributed by atoms with van der Waals surface area (Å²) in [6.45, 7) is 6.38. The Labute approximate surface area is 145 Å². The minimum absolute atomic E-state index is 0.0209. The molecule has 5 nitrogen and oxygen atoms in total. The van der Waals surface area contributed by atoms with Crippen LogP contribution in [0, 0.1) is 5.92 Å². The highest BCUT2D eigenvalue weighted by Crippen LogP contribution is 2.13. The molecule has 6 heteroatoms. The number of carbonyl (C=O) groups excluding carboxylic acids is 2. The predicted molar refractivity (Wildman–Crippen MR) is 92.3 cm³/mol. The van der Waals surface area contributed by atoms with Crippen LogP contribution < -0.4 is 5.32 Å². The fraction of sp³-hybridized carbons (Fsp3) is 0.529. The first-order valence-corrected chi connectivity index (χ1v) is 8.69. The van der Waals surface area contributed by atoms with Crippen molar-refractivity contribution in [1.29, 1.82) is 0 Å². The Morgan fingerprint density at radius 2 is 1.83 bits per heavy atom. The maximum Gasteiger partial charge on any atom is 0.251 e. The van der Waals surface area contributed by atoms with Crippen molar-refractivity contribution < 1.29 is 14.3 Å². The normalized spacial score (nSPS) is 16.3. The van der Waals surface area contributed by atoms with Gasteiger partial charge in [-0.05, 0) is 36.6 Å². The summed E-state index contributed by atoms with van der Waals surface area (Å²) in [5, 5.41) is 2.89. The van der Waals surface area contributed by atoms with Gasteiger partial charge in [-0.3, -0.25) is 9.59 Å². The smallest absolute Gasteiger partial charge is 0.251 e. The van der Waals surface area contributed by atoms with Crippen LogP contribution in [0.5, 0.6) is 0 Å². The molecule has 23 heavy (non-hydrogen) atoms. The van der Waals surface area contributed by atoms with Crippen molar-refractivity contribution in [2.45, 2.75) is 26.3 Å². The van der Waals surface area contributed by atoms with E-state index in [9.17, 15) is 9.59 Å². The fourth-order valence-electron chi connectivity index (χ4n) is 2.54. The number of hydrogen-bond donors (Lipinski definition) is 1. The molecule has 1 fully saturated rings. The van der Waals surface area contributed by atoms with Gasteiger partial charge < -0.3 is 15.0 Å². The number of hydrogen-bond acceptors (Lipinski definition) is 3. The topological polar surface area (TPSA) is 58.6 Å². The molecule has 0 unspecified atom stereocenters. The van der Waals surface area contributed by atoms with Crippen LogP contribution >= 0.6 is 15.9 Å². The second-order valence-corrected chi connectivity index (χ2v) is 7.02. The van der Waals surface area contributed by atoms with Gasteiger partial charge in [0.15, 0.2) is 0 Å². The first-order chi connectivity index (χ1) is 11.0. The molecule has 1 N–H and O–H groups in total. The Balaban J connectivity index is 2.06. The maximum absolute atomic E-state index is 12.7. The number of nitrogens with zero attached hydrogens (tertiary/aromatic N) is 1. The molecule has 0 aromatic heterocycles. The van der Waals surface area contributed by atoms with Crippen LogP contribution in [0.25, 0.3) is 0 Å². The van der Waals surface area contributed by atoms with E-state index in [0.717, 1.165) is 4.47 Å². The maximum atomic E-state index is 12.7. The third-order valence-corrected chi connectivity index (χ3v) is 4.27. The van der Waals surface area contributed by atoms with E-state index in [-0.39, 0.29) is 11.8 Å². The van der Waals surface area contributed by atoms with Gasteiger partial charge in [0.2, 0.25) is 5.91 Å². The molecule has 0 radical (unpaired) electrons. The third kappa shape index (κ3) is 5.32. The zero-order valence-corrected chi connectivity index (χ0v) is 15.1. The zero-order chi connectivity index (χ0) is 16.8. The number of nitrogens with one attached hydrogen (secondary N) is 1. The van der Waals surface area contributed by atoms with E-state index in [1.807, 2.05) is 26.0 Å². The molecular formula is C17H23BrN2O3. The summed E-state index contributed by atoms with van der Waals surface area (Å²) in [5.74, 6) is 0.0763. The third-order valence-electron chi connectivity index (χ3n) is 3.74. The zero-order valence-electron chi connectivity index (χ0n) is 13.5. The van der Waals surface area contributed by atoms with E-state index in [1.165, 1.54) is 0 Å². The summed E-state index contributed by atoms with van der Waals surface area (Å²) in [6.07, 6.45) is 0.623. The number of halogens is 1. The largest absolute Gasteiger partial charge is 0.378 e. The van der Waals surface area contributed by atoms with Gasteiger partial charge in [0, 0.05) is 23.1 Å². The Hall–Kier alpha value is -1.40. The standard InChI is InChI=1S/C17H23BrN2O3/c1-12(2)11-15(17(22)20-7-9-23-10-8-20)19-16(21)13-3-5-14(18)6-4-13/h3-6,12,15H,7-11H2,1-2H3,(H,19,21)/t15-/m0/s1. The van der Waals surface area contributed by atoms with Crippen LogP contribution in [0.3, 0.4) is 0 Å². The molecule has 1 aliphatic rings. The van der Waals surface area contributed by atoms with Crippen molar-refractivity contribution in [3.63, 3.8) is 0 Å². The fourth-order valence-corrected chi connectivity index (χ4v) is 2.80. The lowest BCUT2D eigenvalue weighted by Crippen LogP contribution is -2.52. The molecule has 1 saturated heterocycles. The summed E-state index contributed by atoms with van der Waals surface area (Å²) in [4.78, 5) is 26.9. The van der Waals surface area contributed by atoms with Crippen LogP contribution in [0.2, 0.25) is 0 Å². The summed E-state index contributed by atoms with van der Waals surface area (Å²) < 4.78 is 6.20. The van der Waals surface area contributed by atoms with Crippen LogP contribution in [-0.4, -0.2) is 49.1 Å². The van der Waals surface area contributed by atoms with E-state index in [4.69, 9.17) is 4.74 Å². The summed E-state index contributed by atoms with van der Waals surface area (Å²) >= 11 is 3.35. The molecule has 1 aliphatic heterocycles. The van der Waals surface area contributed by atoms with E-state index < -0.39 is 6.04 Å². The van der Waals surface area contributed by atoms with E-state index in [0.29, 0.717) is 44.2 Å². The molecule has 2 amide bonds. The van der Waals surface area contributed by atoms with Crippen LogP contribution in [0.4, 0.5) is 0 Å². The van der Waals surface area contributed by atoms with Gasteiger partial charge >= 0.3 is 0 Å². The van der Waals surface area contributed by atoms with Crippen molar-refractivity contribution in [1.82, 2.24) is 10.2 Å². The van der Waals surface area contributed by atoms with Crippen molar-refractivity contribution in [3.05, 3.63) is 34.3 Å². The number of morpholine rings is 1. The highest BCUT2D eigenvalue weighted by molar-refractivity contribution is 9.10. The molecule has 0 aliphatic carbocycles. The molecule has 2 rings (SSSR count). The minimum Gasteiger partial charge on any atom is -0.378 e. The Morgan fingerprint density at radius 1 is 1.22 bits per heavy atom. The van der Waals surface area contributed by atoms with Crippen LogP contribution in [-0.2, 0) is 9.53 Å². The van der Waals surface area contributed by atoms with Gasteiger partial charge in [-0.25, -0.2) is 0 Å². The van der Waals surface area contributed by atoms with E-state index >= 15 is 0 Å². The second-order valence-electron chi connectivity index (χ2n) is 6.10. The second kappa shape index (κ2) is 8.45. The first kappa shape index (κ1) is 17.9. The SMILES string of the molecule is CC(C)C[C@H](NC(=O)c1ccc(Br)cc1)C(=O)N1CCOCC1. The minimum atomic E-state index is -0.496. The molecule has 0 saturated carbocycles. The van der Waals surface area contributed by atoms with Crippen molar-refractivity contribution in [3.8, 4) is 0 Å². The molecule has 1 atom stereocenters. The molecule has 1 heterocycles. The molecule has 1 aromatic carbocycles. The first-order valence-electron chi connectivity index (χ1n) is 7.90. The molecule has 0 bridgehead atoms. The average Bonchev–Trinajstić information content (AvgIpc) is 2.54. The number of amides is 2. The summed E-state index contributed by atoms with van der Waals surface area (Å²) in [7, 11) is 0. The molecule has 1 aromatic rings. The average molecular weight is 383 g/mol. The van der Waals surface area contributed by atoms with Gasteiger partial charge in [-0.15, -0.1) is 0 Å². The summed E-state index contributed by atoms with van der Waals surface area (Å²) in [6, 6.07) is 6.62. The number of carbonyl (C=O) groups is 2.